The van der Waals surface area contributed by atoms with Crippen LogP contribution in [-0.2, 0) is 79.4 Å². The first-order chi connectivity index (χ1) is 12.6. The molecule has 0 spiro atoms. The molecular weight excluding hydrogens is 625 g/mol. The molecule has 4 N–H and O–H groups in total. The summed E-state index contributed by atoms with van der Waals surface area (Å²) in [4.78, 5) is 46.5. The summed E-state index contributed by atoms with van der Waals surface area (Å²) in [6.45, 7) is 5.20. The third kappa shape index (κ3) is 11.6. The van der Waals surface area contributed by atoms with Crippen molar-refractivity contribution >= 4 is 23.6 Å². The van der Waals surface area contributed by atoms with Crippen LogP contribution in [0.1, 0.15) is 31.7 Å². The molecule has 0 unspecified atom stereocenters. The summed E-state index contributed by atoms with van der Waals surface area (Å²) >= 11 is 0. The maximum absolute atomic E-state index is 12.4. The van der Waals surface area contributed by atoms with Crippen molar-refractivity contribution in [1.29, 1.82) is 0 Å². The molecule has 3 atom stereocenters. The zero-order valence-electron chi connectivity index (χ0n) is 16.1. The van der Waals surface area contributed by atoms with Crippen molar-refractivity contribution in [2.45, 2.75) is 38.6 Å². The van der Waals surface area contributed by atoms with Gasteiger partial charge in [-0.2, -0.15) is 0 Å². The van der Waals surface area contributed by atoms with Crippen LogP contribution in [0.3, 0.4) is 0 Å². The SMILES string of the molecule is [CH2-][C@@H](Cc1ccc(O)cc1)C(=O)N[C@@H](CCC(=O)O)C(=O)C[C@@H](C)C([NH-])=O.[W].[Y]. The Kier molecular flexibility index (Phi) is 15.4. The molecule has 29 heavy (non-hydrogen) atoms. The number of ketones is 1. The van der Waals surface area contributed by atoms with Gasteiger partial charge < -0.3 is 33.0 Å². The van der Waals surface area contributed by atoms with Crippen LogP contribution in [0.4, 0.5) is 0 Å². The molecule has 1 aromatic rings. The van der Waals surface area contributed by atoms with Crippen LogP contribution in [0.5, 0.6) is 5.75 Å². The van der Waals surface area contributed by atoms with E-state index in [4.69, 9.17) is 10.8 Å². The zero-order chi connectivity index (χ0) is 20.6. The Morgan fingerprint density at radius 3 is 2.21 bits per heavy atom. The monoisotopic (exact) mass is 649 g/mol. The van der Waals surface area contributed by atoms with Gasteiger partial charge in [0.05, 0.1) is 11.9 Å². The van der Waals surface area contributed by atoms with Crippen LogP contribution in [0.15, 0.2) is 24.3 Å². The van der Waals surface area contributed by atoms with Crippen LogP contribution in [0.2, 0.25) is 0 Å². The summed E-state index contributed by atoms with van der Waals surface area (Å²) < 4.78 is 0. The molecule has 1 rings (SSSR count). The van der Waals surface area contributed by atoms with E-state index in [2.05, 4.69) is 12.2 Å². The van der Waals surface area contributed by atoms with E-state index in [0.717, 1.165) is 5.56 Å². The van der Waals surface area contributed by atoms with Gasteiger partial charge in [-0.1, -0.05) is 25.0 Å². The normalized spacial score (nSPS) is 13.0. The van der Waals surface area contributed by atoms with Crippen LogP contribution in [0, 0.1) is 18.8 Å². The Morgan fingerprint density at radius 2 is 1.72 bits per heavy atom. The Bertz CT molecular complexity index is 698. The number of nitrogens with one attached hydrogen (secondary N) is 2. The topological polar surface area (TPSA) is 145 Å². The van der Waals surface area contributed by atoms with E-state index in [-0.39, 0.29) is 85.2 Å². The number of phenols is 1. The van der Waals surface area contributed by atoms with Gasteiger partial charge >= 0.3 is 5.97 Å². The van der Waals surface area contributed by atoms with Crippen LogP contribution >= 0.6 is 0 Å². The molecular formula is C19H24N2O6WY-2. The number of aliphatic carboxylic acids is 1. The minimum Gasteiger partial charge on any atom is -0.668 e. The fraction of sp³-hybridized carbons (Fsp3) is 0.421. The van der Waals surface area contributed by atoms with Crippen LogP contribution in [0.25, 0.3) is 5.73 Å². The second kappa shape index (κ2) is 14.8. The number of Topliss-reactive ketones (excluding diaryl/α,β-unsaturated/α-hetero) is 1. The molecule has 0 heterocycles. The largest absolute Gasteiger partial charge is 0.668 e. The van der Waals surface area contributed by atoms with E-state index in [1.165, 1.54) is 19.1 Å². The Balaban J connectivity index is 0. The van der Waals surface area contributed by atoms with Crippen molar-refractivity contribution in [1.82, 2.24) is 5.32 Å². The summed E-state index contributed by atoms with van der Waals surface area (Å²) in [5.41, 5.74) is 7.81. The molecule has 0 saturated carbocycles. The van der Waals surface area contributed by atoms with E-state index >= 15 is 0 Å². The Morgan fingerprint density at radius 1 is 1.17 bits per heavy atom. The van der Waals surface area contributed by atoms with E-state index < -0.39 is 41.4 Å². The predicted molar refractivity (Wildman–Crippen MR) is 97.6 cm³/mol. The third-order valence-electron chi connectivity index (χ3n) is 4.10. The van der Waals surface area contributed by atoms with Gasteiger partial charge in [0.25, 0.3) is 0 Å². The Hall–Kier alpha value is -1.11. The maximum Gasteiger partial charge on any atom is 0.303 e. The van der Waals surface area contributed by atoms with Gasteiger partial charge in [0.15, 0.2) is 11.7 Å². The minimum atomic E-state index is -1.11. The summed E-state index contributed by atoms with van der Waals surface area (Å²) in [6, 6.07) is 5.21. The van der Waals surface area contributed by atoms with Crippen molar-refractivity contribution in [2.75, 3.05) is 0 Å². The van der Waals surface area contributed by atoms with Gasteiger partial charge in [-0.15, -0.1) is 0 Å². The number of aromatic hydroxyl groups is 1. The van der Waals surface area contributed by atoms with Crippen molar-refractivity contribution in [3.05, 3.63) is 42.5 Å². The van der Waals surface area contributed by atoms with Gasteiger partial charge in [0.2, 0.25) is 0 Å². The van der Waals surface area contributed by atoms with Crippen molar-refractivity contribution in [2.24, 2.45) is 11.8 Å². The zero-order valence-corrected chi connectivity index (χ0v) is 21.9. The average molecular weight is 649 g/mol. The Labute approximate surface area is 209 Å². The first-order valence-electron chi connectivity index (χ1n) is 8.51. The fourth-order valence-corrected chi connectivity index (χ4v) is 2.42. The number of hydrogen-bond donors (Lipinski definition) is 3. The molecule has 1 radical (unpaired) electrons. The number of carbonyl (C=O) groups is 4. The number of carboxylic acid groups (broad SMARTS) is 1. The molecule has 2 amide bonds. The number of benzene rings is 1. The molecule has 0 aliphatic carbocycles. The van der Waals surface area contributed by atoms with Gasteiger partial charge in [-0.05, 0) is 30.5 Å². The molecule has 8 nitrogen and oxygen atoms in total. The summed E-state index contributed by atoms with van der Waals surface area (Å²) in [5.74, 6) is -4.47. The van der Waals surface area contributed by atoms with Crippen molar-refractivity contribution in [3.8, 4) is 5.75 Å². The van der Waals surface area contributed by atoms with E-state index in [1.54, 1.807) is 12.1 Å². The molecule has 0 aliphatic heterocycles. The second-order valence-electron chi connectivity index (χ2n) is 6.50. The van der Waals surface area contributed by atoms with Crippen molar-refractivity contribution in [3.63, 3.8) is 0 Å². The minimum absolute atomic E-state index is 0. The number of hydrogen-bond acceptors (Lipinski definition) is 5. The van der Waals surface area contributed by atoms with Crippen molar-refractivity contribution < 1.29 is 83.2 Å². The average Bonchev–Trinajstić information content (AvgIpc) is 2.59. The summed E-state index contributed by atoms with van der Waals surface area (Å²) in [6.07, 6.45) is -0.398. The van der Waals surface area contributed by atoms with Crippen LogP contribution < -0.4 is 5.32 Å². The molecule has 10 heteroatoms. The third-order valence-corrected chi connectivity index (χ3v) is 4.10. The van der Waals surface area contributed by atoms with E-state index in [0.29, 0.717) is 0 Å². The van der Waals surface area contributed by atoms with Crippen LogP contribution in [-0.4, -0.2) is 39.8 Å². The van der Waals surface area contributed by atoms with E-state index in [9.17, 15) is 24.3 Å². The smallest absolute Gasteiger partial charge is 0.303 e. The molecule has 0 aromatic heterocycles. The molecule has 1 aromatic carbocycles. The standard InChI is InChI=1S/C19H25N2O6.W.Y/c1-11(18(20)26)10-16(23)15(7-8-17(24)25)21-19(27)12(2)9-13-3-5-14(22)6-4-13;;/h3-6,11-12,15H,2,7-10H2,1H3,(H5,20,21,22,24,25,26,27);;/q-1;;/p-1/t11-,12+,15+;;/m1../s1. The number of phenolic OH excluding ortho intramolecular Hbond substituents is 1. The predicted octanol–water partition coefficient (Wildman–Crippen LogP) is 1.90. The number of carboxylic acids is 1. The van der Waals surface area contributed by atoms with E-state index in [1.807, 2.05) is 0 Å². The second-order valence-corrected chi connectivity index (χ2v) is 6.50. The first-order valence-corrected chi connectivity index (χ1v) is 8.51. The number of rotatable bonds is 11. The van der Waals surface area contributed by atoms with Gasteiger partial charge in [0.1, 0.15) is 5.75 Å². The number of carbonyl (C=O) groups excluding carboxylic acids is 3. The molecule has 0 fully saturated rings. The quantitative estimate of drug-likeness (QED) is 0.313. The number of amides is 2. The first kappa shape index (κ1) is 30.1. The molecule has 0 aliphatic rings. The maximum atomic E-state index is 12.4. The molecule has 0 bridgehead atoms. The fourth-order valence-electron chi connectivity index (χ4n) is 2.42. The summed E-state index contributed by atoms with van der Waals surface area (Å²) in [5, 5.41) is 20.6. The molecule has 157 valence electrons. The van der Waals surface area contributed by atoms with Gasteiger partial charge in [-0.3, -0.25) is 14.4 Å². The van der Waals surface area contributed by atoms with Gasteiger partial charge in [-0.25, -0.2) is 0 Å². The molecule has 0 saturated heterocycles. The van der Waals surface area contributed by atoms with Gasteiger partial charge in [0, 0.05) is 72.5 Å². The summed E-state index contributed by atoms with van der Waals surface area (Å²) in [7, 11) is 0.